The number of hydrogen-bond donors (Lipinski definition) is 2. The molecule has 9 heteroatoms. The second kappa shape index (κ2) is 8.24. The predicted molar refractivity (Wildman–Crippen MR) is 111 cm³/mol. The molecule has 0 aliphatic carbocycles. The molecule has 0 saturated carbocycles. The Labute approximate surface area is 170 Å². The van der Waals surface area contributed by atoms with Crippen LogP contribution in [0.5, 0.6) is 5.75 Å². The van der Waals surface area contributed by atoms with Gasteiger partial charge in [-0.15, -0.1) is 0 Å². The maximum Gasteiger partial charge on any atom is 0.342 e. The Morgan fingerprint density at radius 3 is 2.53 bits per heavy atom. The summed E-state index contributed by atoms with van der Waals surface area (Å²) in [7, 11) is 1.24. The van der Waals surface area contributed by atoms with Gasteiger partial charge in [0.2, 0.25) is 5.78 Å². The smallest absolute Gasteiger partial charge is 0.342 e. The lowest BCUT2D eigenvalue weighted by molar-refractivity contribution is 0.0471. The number of rotatable bonds is 6. The topological polar surface area (TPSA) is 134 Å². The third-order valence-electron chi connectivity index (χ3n) is 4.76. The monoisotopic (exact) mass is 411 g/mol. The first-order valence-corrected chi connectivity index (χ1v) is 9.28. The summed E-state index contributed by atoms with van der Waals surface area (Å²) in [5.74, 6) is -2.30. The number of carbonyl (C=O) groups is 2. The van der Waals surface area contributed by atoms with E-state index in [1.807, 2.05) is 6.92 Å². The SMILES string of the molecule is CCCn1c(N)c(C(=O)COC(=O)c2ccc3ccccc3c2O)c(=O)n(C)c1=O. The number of anilines is 1. The van der Waals surface area contributed by atoms with Crippen molar-refractivity contribution >= 4 is 28.3 Å². The standard InChI is InChI=1S/C21H21N3O6/c1-3-10-24-18(22)16(19(27)23(2)21(24)29)15(25)11-30-20(28)14-9-8-12-6-4-5-7-13(12)17(14)26/h4-9,26H,3,10-11,22H2,1-2H3. The average molecular weight is 411 g/mol. The minimum absolute atomic E-state index is 0.113. The van der Waals surface area contributed by atoms with E-state index >= 15 is 0 Å². The van der Waals surface area contributed by atoms with Gasteiger partial charge in [0.15, 0.2) is 6.61 Å². The van der Waals surface area contributed by atoms with Crippen LogP contribution in [0, 0.1) is 0 Å². The predicted octanol–water partition coefficient (Wildman–Crippen LogP) is 1.44. The molecule has 3 rings (SSSR count). The molecule has 1 heterocycles. The van der Waals surface area contributed by atoms with Crippen molar-refractivity contribution in [3.8, 4) is 5.75 Å². The highest BCUT2D eigenvalue weighted by Gasteiger charge is 2.23. The van der Waals surface area contributed by atoms with Crippen molar-refractivity contribution < 1.29 is 19.4 Å². The van der Waals surface area contributed by atoms with E-state index in [1.54, 1.807) is 30.3 Å². The molecule has 0 fully saturated rings. The summed E-state index contributed by atoms with van der Waals surface area (Å²) in [5.41, 5.74) is 3.87. The van der Waals surface area contributed by atoms with Gasteiger partial charge in [-0.1, -0.05) is 37.3 Å². The highest BCUT2D eigenvalue weighted by Crippen LogP contribution is 2.29. The van der Waals surface area contributed by atoms with E-state index in [9.17, 15) is 24.3 Å². The quantitative estimate of drug-likeness (QED) is 0.463. The minimum Gasteiger partial charge on any atom is -0.506 e. The van der Waals surface area contributed by atoms with Gasteiger partial charge in [0.1, 0.15) is 22.7 Å². The number of ether oxygens (including phenoxy) is 1. The fourth-order valence-electron chi connectivity index (χ4n) is 3.19. The number of hydrogen-bond acceptors (Lipinski definition) is 7. The number of ketones is 1. The van der Waals surface area contributed by atoms with Crippen molar-refractivity contribution in [2.75, 3.05) is 12.3 Å². The number of benzene rings is 2. The van der Waals surface area contributed by atoms with Gasteiger partial charge in [-0.25, -0.2) is 9.59 Å². The molecule has 0 bridgehead atoms. The largest absolute Gasteiger partial charge is 0.506 e. The van der Waals surface area contributed by atoms with Crippen molar-refractivity contribution in [2.45, 2.75) is 19.9 Å². The summed E-state index contributed by atoms with van der Waals surface area (Å²) in [5, 5.41) is 11.6. The van der Waals surface area contributed by atoms with Gasteiger partial charge in [0, 0.05) is 19.0 Å². The van der Waals surface area contributed by atoms with Crippen LogP contribution in [0.15, 0.2) is 46.0 Å². The zero-order valence-corrected chi connectivity index (χ0v) is 16.5. The molecule has 2 aromatic carbocycles. The Morgan fingerprint density at radius 1 is 1.13 bits per heavy atom. The highest BCUT2D eigenvalue weighted by atomic mass is 16.5. The maximum absolute atomic E-state index is 12.6. The lowest BCUT2D eigenvalue weighted by atomic mass is 10.1. The van der Waals surface area contributed by atoms with E-state index in [1.165, 1.54) is 13.1 Å². The van der Waals surface area contributed by atoms with E-state index < -0.39 is 35.2 Å². The summed E-state index contributed by atoms with van der Waals surface area (Å²) >= 11 is 0. The van der Waals surface area contributed by atoms with Crippen LogP contribution >= 0.6 is 0 Å². The Kier molecular flexibility index (Phi) is 5.72. The van der Waals surface area contributed by atoms with Gasteiger partial charge in [-0.05, 0) is 17.9 Å². The second-order valence-electron chi connectivity index (χ2n) is 6.74. The Bertz CT molecular complexity index is 1270. The van der Waals surface area contributed by atoms with E-state index in [2.05, 4.69) is 0 Å². The number of aromatic hydroxyl groups is 1. The van der Waals surface area contributed by atoms with Crippen molar-refractivity contribution in [1.82, 2.24) is 9.13 Å². The van der Waals surface area contributed by atoms with Gasteiger partial charge in [-0.2, -0.15) is 0 Å². The van der Waals surface area contributed by atoms with E-state index in [0.29, 0.717) is 11.8 Å². The molecule has 0 atom stereocenters. The van der Waals surface area contributed by atoms with E-state index in [4.69, 9.17) is 10.5 Å². The molecule has 0 aliphatic heterocycles. The molecule has 3 N–H and O–H groups in total. The van der Waals surface area contributed by atoms with Gasteiger partial charge < -0.3 is 15.6 Å². The van der Waals surface area contributed by atoms with Crippen LogP contribution in [-0.4, -0.2) is 32.6 Å². The minimum atomic E-state index is -0.927. The normalized spacial score (nSPS) is 10.9. The van der Waals surface area contributed by atoms with Crippen LogP contribution < -0.4 is 17.0 Å². The van der Waals surface area contributed by atoms with Crippen LogP contribution in [0.3, 0.4) is 0 Å². The number of carbonyl (C=O) groups excluding carboxylic acids is 2. The van der Waals surface area contributed by atoms with E-state index in [0.717, 1.165) is 14.5 Å². The fourth-order valence-corrected chi connectivity index (χ4v) is 3.19. The summed E-state index contributed by atoms with van der Waals surface area (Å²) < 4.78 is 6.93. The van der Waals surface area contributed by atoms with E-state index in [-0.39, 0.29) is 23.7 Å². The molecule has 30 heavy (non-hydrogen) atoms. The Hall–Kier alpha value is -3.88. The highest BCUT2D eigenvalue weighted by molar-refractivity contribution is 6.04. The lowest BCUT2D eigenvalue weighted by Gasteiger charge is -2.14. The molecule has 1 aromatic heterocycles. The lowest BCUT2D eigenvalue weighted by Crippen LogP contribution is -2.43. The van der Waals surface area contributed by atoms with Crippen LogP contribution in [0.25, 0.3) is 10.8 Å². The van der Waals surface area contributed by atoms with Crippen molar-refractivity contribution in [3.63, 3.8) is 0 Å². The molecular weight excluding hydrogens is 390 g/mol. The van der Waals surface area contributed by atoms with Gasteiger partial charge in [0.05, 0.1) is 0 Å². The number of phenolic OH excluding ortho intramolecular Hbond substituents is 1. The molecule has 156 valence electrons. The fraction of sp³-hybridized carbons (Fsp3) is 0.238. The number of phenols is 1. The van der Waals surface area contributed by atoms with Gasteiger partial charge in [-0.3, -0.25) is 18.7 Å². The molecule has 0 radical (unpaired) electrons. The Balaban J connectivity index is 1.88. The summed E-state index contributed by atoms with van der Waals surface area (Å²) in [6, 6.07) is 9.96. The molecular formula is C21H21N3O6. The summed E-state index contributed by atoms with van der Waals surface area (Å²) in [6.45, 7) is 1.27. The molecule has 0 unspecified atom stereocenters. The molecule has 3 aromatic rings. The van der Waals surface area contributed by atoms with Crippen molar-refractivity contribution in [2.24, 2.45) is 7.05 Å². The number of Topliss-reactive ketones (excluding diaryl/α,β-unsaturated/α-hetero) is 1. The number of nitrogens with two attached hydrogens (primary N) is 1. The second-order valence-corrected chi connectivity index (χ2v) is 6.74. The summed E-state index contributed by atoms with van der Waals surface area (Å²) in [6.07, 6.45) is 0.562. The van der Waals surface area contributed by atoms with Crippen molar-refractivity contribution in [3.05, 3.63) is 68.4 Å². The van der Waals surface area contributed by atoms with Crippen LogP contribution in [0.4, 0.5) is 5.82 Å². The maximum atomic E-state index is 12.6. The third-order valence-corrected chi connectivity index (χ3v) is 4.76. The van der Waals surface area contributed by atoms with Crippen LogP contribution in [-0.2, 0) is 18.3 Å². The van der Waals surface area contributed by atoms with Gasteiger partial charge >= 0.3 is 11.7 Å². The number of nitrogens with zero attached hydrogens (tertiary/aromatic N) is 2. The zero-order chi connectivity index (χ0) is 22.0. The average Bonchev–Trinajstić information content (AvgIpc) is 2.74. The summed E-state index contributed by atoms with van der Waals surface area (Å²) in [4.78, 5) is 49.6. The Morgan fingerprint density at radius 2 is 1.83 bits per heavy atom. The zero-order valence-electron chi connectivity index (χ0n) is 16.5. The molecule has 0 spiro atoms. The van der Waals surface area contributed by atoms with Crippen LogP contribution in [0.2, 0.25) is 0 Å². The van der Waals surface area contributed by atoms with Crippen LogP contribution in [0.1, 0.15) is 34.1 Å². The first-order valence-electron chi connectivity index (χ1n) is 9.28. The number of fused-ring (bicyclic) bond motifs is 1. The third kappa shape index (κ3) is 3.57. The first kappa shape index (κ1) is 20.8. The molecule has 0 aliphatic rings. The molecule has 0 saturated heterocycles. The molecule has 9 nitrogen and oxygen atoms in total. The van der Waals surface area contributed by atoms with Crippen molar-refractivity contribution in [1.29, 1.82) is 0 Å². The number of esters is 1. The number of nitrogen functional groups attached to an aromatic ring is 1. The van der Waals surface area contributed by atoms with Gasteiger partial charge in [0.25, 0.3) is 5.56 Å². The first-order chi connectivity index (χ1) is 14.3. The number of aromatic nitrogens is 2. The molecule has 0 amide bonds.